The van der Waals surface area contributed by atoms with Crippen molar-refractivity contribution in [2.24, 2.45) is 0 Å². The Morgan fingerprint density at radius 2 is 1.60 bits per heavy atom. The highest BCUT2D eigenvalue weighted by molar-refractivity contribution is 5.86. The lowest BCUT2D eigenvalue weighted by Crippen LogP contribution is -2.38. The Hall–Kier alpha value is -0.430. The molecule has 0 atom stereocenters. The molecule has 0 spiro atoms. The highest BCUT2D eigenvalue weighted by atomic mass is 35.5. The summed E-state index contributed by atoms with van der Waals surface area (Å²) in [6.45, 7) is 7.62. The van der Waals surface area contributed by atoms with E-state index in [1.165, 1.54) is 24.9 Å². The number of anilines is 2. The fourth-order valence-corrected chi connectivity index (χ4v) is 3.10. The molecule has 2 fully saturated rings. The largest absolute Gasteiger partial charge is 0.379 e. The van der Waals surface area contributed by atoms with Crippen molar-refractivity contribution in [3.63, 3.8) is 0 Å². The second-order valence-corrected chi connectivity index (χ2v) is 5.97. The van der Waals surface area contributed by atoms with Crippen LogP contribution in [0.15, 0.2) is 24.3 Å². The van der Waals surface area contributed by atoms with Crippen LogP contribution in [0.5, 0.6) is 0 Å². The number of hydrogen-bond donors (Lipinski definition) is 1. The average molecular weight is 415 g/mol. The second-order valence-electron chi connectivity index (χ2n) is 5.97. The Morgan fingerprint density at radius 1 is 0.920 bits per heavy atom. The first-order valence-electron chi connectivity index (χ1n) is 8.45. The summed E-state index contributed by atoms with van der Waals surface area (Å²) in [5.41, 5.74) is 5.48. The number of benzene rings is 1. The molecular weight excluding hydrogens is 385 g/mol. The molecule has 0 unspecified atom stereocenters. The molecule has 146 valence electrons. The van der Waals surface area contributed by atoms with Gasteiger partial charge < -0.3 is 9.64 Å². The van der Waals surface area contributed by atoms with Crippen molar-refractivity contribution in [2.45, 2.75) is 19.3 Å². The lowest BCUT2D eigenvalue weighted by atomic mass is 10.1. The van der Waals surface area contributed by atoms with Crippen molar-refractivity contribution in [1.82, 2.24) is 4.90 Å². The number of nitrogens with one attached hydrogen (secondary N) is 1. The molecule has 0 radical (unpaired) electrons. The molecule has 0 aliphatic carbocycles. The lowest BCUT2D eigenvalue weighted by molar-refractivity contribution is 0.0261. The standard InChI is InChI=1S/C17H27N3O2.3ClH/c1-4-8-20(9-5-1)17-7-3-2-6-16(17)18-22-15-12-19-10-13-21-14-11-19;;;/h2-3,6-7,18H,1,4-5,8-15H2;3*1H. The van der Waals surface area contributed by atoms with E-state index in [1.54, 1.807) is 0 Å². The maximum Gasteiger partial charge on any atom is 0.0873 e. The van der Waals surface area contributed by atoms with E-state index in [0.717, 1.165) is 51.6 Å². The van der Waals surface area contributed by atoms with Crippen molar-refractivity contribution >= 4 is 48.6 Å². The third kappa shape index (κ3) is 7.77. The first-order valence-corrected chi connectivity index (χ1v) is 8.45. The van der Waals surface area contributed by atoms with E-state index < -0.39 is 0 Å². The molecule has 2 aliphatic heterocycles. The van der Waals surface area contributed by atoms with Gasteiger partial charge in [0.15, 0.2) is 0 Å². The maximum atomic E-state index is 5.69. The van der Waals surface area contributed by atoms with E-state index in [4.69, 9.17) is 9.57 Å². The maximum absolute atomic E-state index is 5.69. The molecule has 1 aromatic carbocycles. The SMILES string of the molecule is Cl.Cl.Cl.c1ccc(N2CCCCC2)c(NOCCN2CCOCC2)c1. The number of nitrogens with zero attached hydrogens (tertiary/aromatic N) is 2. The number of piperidine rings is 1. The van der Waals surface area contributed by atoms with Crippen LogP contribution in [0.4, 0.5) is 11.4 Å². The molecule has 5 nitrogen and oxygen atoms in total. The molecule has 0 saturated carbocycles. The van der Waals surface area contributed by atoms with Crippen LogP contribution in [0.2, 0.25) is 0 Å². The van der Waals surface area contributed by atoms with Crippen LogP contribution >= 0.6 is 37.2 Å². The third-order valence-corrected chi connectivity index (χ3v) is 4.40. The van der Waals surface area contributed by atoms with E-state index in [9.17, 15) is 0 Å². The summed E-state index contributed by atoms with van der Waals surface area (Å²) in [6.07, 6.45) is 3.92. The van der Waals surface area contributed by atoms with Gasteiger partial charge in [0.25, 0.3) is 0 Å². The van der Waals surface area contributed by atoms with Gasteiger partial charge in [0.2, 0.25) is 0 Å². The minimum atomic E-state index is 0. The minimum absolute atomic E-state index is 0. The topological polar surface area (TPSA) is 37.0 Å². The van der Waals surface area contributed by atoms with Crippen LogP contribution in [0.25, 0.3) is 0 Å². The van der Waals surface area contributed by atoms with E-state index in [1.807, 2.05) is 0 Å². The molecule has 1 N–H and O–H groups in total. The van der Waals surface area contributed by atoms with Crippen LogP contribution in [-0.4, -0.2) is 57.4 Å². The number of morpholine rings is 1. The second kappa shape index (κ2) is 13.7. The smallest absolute Gasteiger partial charge is 0.0873 e. The third-order valence-electron chi connectivity index (χ3n) is 4.40. The summed E-state index contributed by atoms with van der Waals surface area (Å²) >= 11 is 0. The molecule has 8 heteroatoms. The Morgan fingerprint density at radius 3 is 2.32 bits per heavy atom. The van der Waals surface area contributed by atoms with Crippen molar-refractivity contribution in [2.75, 3.05) is 62.9 Å². The molecule has 1 aromatic rings. The van der Waals surface area contributed by atoms with Crippen LogP contribution in [-0.2, 0) is 9.57 Å². The fraction of sp³-hybridized carbons (Fsp3) is 0.647. The Labute approximate surface area is 169 Å². The monoisotopic (exact) mass is 413 g/mol. The number of hydrogen-bond acceptors (Lipinski definition) is 5. The van der Waals surface area contributed by atoms with Gasteiger partial charge in [0.05, 0.1) is 31.2 Å². The summed E-state index contributed by atoms with van der Waals surface area (Å²) in [6, 6.07) is 8.43. The fourth-order valence-electron chi connectivity index (χ4n) is 3.10. The molecule has 0 aromatic heterocycles. The van der Waals surface area contributed by atoms with Gasteiger partial charge in [0.1, 0.15) is 0 Å². The van der Waals surface area contributed by atoms with Gasteiger partial charge in [-0.05, 0) is 31.4 Å². The van der Waals surface area contributed by atoms with Gasteiger partial charge in [-0.15, -0.1) is 37.2 Å². The first kappa shape index (κ1) is 24.6. The number of para-hydroxylation sites is 2. The van der Waals surface area contributed by atoms with Gasteiger partial charge in [0, 0.05) is 32.7 Å². The molecule has 0 amide bonds. The molecule has 3 rings (SSSR count). The predicted molar refractivity (Wildman–Crippen MR) is 111 cm³/mol. The minimum Gasteiger partial charge on any atom is -0.379 e. The quantitative estimate of drug-likeness (QED) is 0.568. The predicted octanol–water partition coefficient (Wildman–Crippen LogP) is 3.62. The average Bonchev–Trinajstić information content (AvgIpc) is 2.61. The van der Waals surface area contributed by atoms with E-state index >= 15 is 0 Å². The van der Waals surface area contributed by atoms with E-state index in [-0.39, 0.29) is 37.2 Å². The van der Waals surface area contributed by atoms with Crippen LogP contribution in [0.1, 0.15) is 19.3 Å². The van der Waals surface area contributed by atoms with Crippen LogP contribution in [0, 0.1) is 0 Å². The highest BCUT2D eigenvalue weighted by Crippen LogP contribution is 2.28. The number of rotatable bonds is 6. The van der Waals surface area contributed by atoms with Crippen molar-refractivity contribution < 1.29 is 9.57 Å². The lowest BCUT2D eigenvalue weighted by Gasteiger charge is -2.30. The van der Waals surface area contributed by atoms with E-state index in [2.05, 4.69) is 39.5 Å². The van der Waals surface area contributed by atoms with Gasteiger partial charge >= 0.3 is 0 Å². The van der Waals surface area contributed by atoms with Crippen molar-refractivity contribution in [1.29, 1.82) is 0 Å². The molecule has 2 saturated heterocycles. The Balaban J connectivity index is 0.00000192. The van der Waals surface area contributed by atoms with Gasteiger partial charge in [-0.1, -0.05) is 12.1 Å². The van der Waals surface area contributed by atoms with E-state index in [0.29, 0.717) is 6.61 Å². The van der Waals surface area contributed by atoms with Crippen molar-refractivity contribution in [3.05, 3.63) is 24.3 Å². The summed E-state index contributed by atoms with van der Waals surface area (Å²) in [5.74, 6) is 0. The van der Waals surface area contributed by atoms with Crippen molar-refractivity contribution in [3.8, 4) is 0 Å². The van der Waals surface area contributed by atoms with Gasteiger partial charge in [-0.25, -0.2) is 0 Å². The molecular formula is C17H30Cl3N3O2. The Kier molecular flexibility index (Phi) is 13.5. The summed E-state index contributed by atoms with van der Waals surface area (Å²) in [7, 11) is 0. The molecule has 0 bridgehead atoms. The Bertz CT molecular complexity index is 457. The normalized spacial score (nSPS) is 17.7. The number of halogens is 3. The van der Waals surface area contributed by atoms with Crippen LogP contribution < -0.4 is 10.4 Å². The molecule has 2 heterocycles. The molecule has 2 aliphatic rings. The first-order chi connectivity index (χ1) is 10.9. The van der Waals surface area contributed by atoms with Crippen LogP contribution in [0.3, 0.4) is 0 Å². The zero-order chi connectivity index (χ0) is 15.0. The summed E-state index contributed by atoms with van der Waals surface area (Å²) in [4.78, 5) is 10.5. The summed E-state index contributed by atoms with van der Waals surface area (Å²) < 4.78 is 5.35. The zero-order valence-electron chi connectivity index (χ0n) is 14.5. The number of ether oxygens (including phenoxy) is 1. The summed E-state index contributed by atoms with van der Waals surface area (Å²) in [5, 5.41) is 0. The van der Waals surface area contributed by atoms with Gasteiger partial charge in [-0.2, -0.15) is 0 Å². The zero-order valence-corrected chi connectivity index (χ0v) is 17.0. The van der Waals surface area contributed by atoms with Gasteiger partial charge in [-0.3, -0.25) is 15.2 Å². The highest BCUT2D eigenvalue weighted by Gasteiger charge is 2.14. The molecule has 25 heavy (non-hydrogen) atoms.